The number of sulfone groups is 1. The summed E-state index contributed by atoms with van der Waals surface area (Å²) in [6.45, 7) is 0. The average Bonchev–Trinajstić information content (AvgIpc) is 2.69. The van der Waals surface area contributed by atoms with E-state index in [9.17, 15) is 23.1 Å². The summed E-state index contributed by atoms with van der Waals surface area (Å²) < 4.78 is 22.5. The molecular weight excluding hydrogens is 284 g/mol. The average molecular weight is 302 g/mol. The third-order valence-electron chi connectivity index (χ3n) is 3.72. The van der Waals surface area contributed by atoms with Crippen LogP contribution in [-0.2, 0) is 14.6 Å². The Morgan fingerprint density at radius 2 is 1.85 bits per heavy atom. The van der Waals surface area contributed by atoms with Gasteiger partial charge in [-0.2, -0.15) is 0 Å². The first-order chi connectivity index (χ1) is 9.33. The van der Waals surface area contributed by atoms with Gasteiger partial charge in [0.15, 0.2) is 9.84 Å². The molecule has 2 rings (SSSR count). The van der Waals surface area contributed by atoms with Crippen molar-refractivity contribution in [3.8, 4) is 0 Å². The van der Waals surface area contributed by atoms with E-state index >= 15 is 0 Å². The molecule has 0 aromatic rings. The van der Waals surface area contributed by atoms with Crippen molar-refractivity contribution in [2.24, 2.45) is 0 Å². The summed E-state index contributed by atoms with van der Waals surface area (Å²) in [5.74, 6) is -1.22. The normalized spacial score (nSPS) is 26.9. The van der Waals surface area contributed by atoms with Crippen molar-refractivity contribution < 1.29 is 23.1 Å². The SMILES string of the molecule is O=C(NC1C=CS(=O)(=O)C1)NC1(C(=O)O)CCCCC1. The first-order valence-corrected chi connectivity index (χ1v) is 8.28. The van der Waals surface area contributed by atoms with Crippen LogP contribution in [0.15, 0.2) is 11.5 Å². The molecule has 112 valence electrons. The number of carbonyl (C=O) groups is 2. The summed E-state index contributed by atoms with van der Waals surface area (Å²) in [7, 11) is -3.25. The molecule has 1 heterocycles. The standard InChI is InChI=1S/C12H18N2O5S/c15-10(16)12(5-2-1-3-6-12)14-11(17)13-9-4-7-20(18,19)8-9/h4,7,9H,1-3,5-6,8H2,(H,15,16)(H2,13,14,17). The Labute approximate surface area is 117 Å². The zero-order chi connectivity index (χ0) is 14.8. The van der Waals surface area contributed by atoms with Crippen LogP contribution in [0, 0.1) is 0 Å². The highest BCUT2D eigenvalue weighted by Gasteiger charge is 2.41. The van der Waals surface area contributed by atoms with Gasteiger partial charge in [0.2, 0.25) is 0 Å². The molecule has 1 aliphatic carbocycles. The lowest BCUT2D eigenvalue weighted by atomic mass is 9.82. The number of hydrogen-bond acceptors (Lipinski definition) is 4. The maximum atomic E-state index is 11.9. The van der Waals surface area contributed by atoms with E-state index in [0.717, 1.165) is 24.7 Å². The molecule has 20 heavy (non-hydrogen) atoms. The molecule has 0 spiro atoms. The lowest BCUT2D eigenvalue weighted by molar-refractivity contribution is -0.145. The molecule has 1 atom stereocenters. The van der Waals surface area contributed by atoms with Gasteiger partial charge in [0.25, 0.3) is 0 Å². The maximum Gasteiger partial charge on any atom is 0.329 e. The van der Waals surface area contributed by atoms with Gasteiger partial charge in [-0.25, -0.2) is 18.0 Å². The second-order valence-corrected chi connectivity index (χ2v) is 7.24. The van der Waals surface area contributed by atoms with Crippen LogP contribution in [0.1, 0.15) is 32.1 Å². The monoisotopic (exact) mass is 302 g/mol. The summed E-state index contributed by atoms with van der Waals surface area (Å²) in [5.41, 5.74) is -1.23. The van der Waals surface area contributed by atoms with Gasteiger partial charge >= 0.3 is 12.0 Å². The third-order valence-corrected chi connectivity index (χ3v) is 5.11. The van der Waals surface area contributed by atoms with Crippen molar-refractivity contribution in [3.05, 3.63) is 11.5 Å². The molecule has 0 saturated heterocycles. The largest absolute Gasteiger partial charge is 0.480 e. The fourth-order valence-electron chi connectivity index (χ4n) is 2.64. The number of urea groups is 1. The molecule has 2 amide bonds. The second kappa shape index (κ2) is 5.43. The minimum atomic E-state index is -3.25. The smallest absolute Gasteiger partial charge is 0.329 e. The molecule has 1 unspecified atom stereocenters. The number of nitrogens with one attached hydrogen (secondary N) is 2. The fraction of sp³-hybridized carbons (Fsp3) is 0.667. The van der Waals surface area contributed by atoms with Crippen LogP contribution >= 0.6 is 0 Å². The van der Waals surface area contributed by atoms with E-state index < -0.39 is 33.4 Å². The van der Waals surface area contributed by atoms with E-state index in [2.05, 4.69) is 10.6 Å². The van der Waals surface area contributed by atoms with E-state index in [1.165, 1.54) is 6.08 Å². The van der Waals surface area contributed by atoms with E-state index in [0.29, 0.717) is 12.8 Å². The van der Waals surface area contributed by atoms with Gasteiger partial charge in [0.05, 0.1) is 11.8 Å². The Kier molecular flexibility index (Phi) is 4.03. The van der Waals surface area contributed by atoms with Crippen LogP contribution in [0.2, 0.25) is 0 Å². The van der Waals surface area contributed by atoms with Gasteiger partial charge in [-0.3, -0.25) is 0 Å². The Balaban J connectivity index is 1.96. The first kappa shape index (κ1) is 14.8. The minimum Gasteiger partial charge on any atom is -0.480 e. The number of aliphatic carboxylic acids is 1. The molecule has 0 bridgehead atoms. The van der Waals surface area contributed by atoms with Gasteiger partial charge in [0.1, 0.15) is 5.54 Å². The summed E-state index contributed by atoms with van der Waals surface area (Å²) in [6, 6.07) is -1.24. The van der Waals surface area contributed by atoms with Crippen molar-refractivity contribution in [1.82, 2.24) is 10.6 Å². The van der Waals surface area contributed by atoms with E-state index in [4.69, 9.17) is 0 Å². The zero-order valence-corrected chi connectivity index (χ0v) is 11.8. The number of carbonyl (C=O) groups excluding carboxylic acids is 1. The van der Waals surface area contributed by atoms with Gasteiger partial charge in [-0.15, -0.1) is 0 Å². The molecule has 1 saturated carbocycles. The van der Waals surface area contributed by atoms with Gasteiger partial charge in [-0.05, 0) is 18.9 Å². The van der Waals surface area contributed by atoms with Crippen molar-refractivity contribution in [2.45, 2.75) is 43.7 Å². The molecule has 7 nitrogen and oxygen atoms in total. The molecule has 0 aromatic carbocycles. The highest BCUT2D eigenvalue weighted by Crippen LogP contribution is 2.28. The highest BCUT2D eigenvalue weighted by molar-refractivity contribution is 7.94. The Hall–Kier alpha value is -1.57. The number of rotatable bonds is 3. The number of amides is 2. The van der Waals surface area contributed by atoms with Crippen LogP contribution in [0.4, 0.5) is 4.79 Å². The maximum absolute atomic E-state index is 11.9. The van der Waals surface area contributed by atoms with Crippen LogP contribution in [0.25, 0.3) is 0 Å². The first-order valence-electron chi connectivity index (χ1n) is 6.56. The number of carboxylic acid groups (broad SMARTS) is 1. The van der Waals surface area contributed by atoms with Crippen LogP contribution in [0.5, 0.6) is 0 Å². The number of carboxylic acids is 1. The number of hydrogen-bond donors (Lipinski definition) is 3. The quantitative estimate of drug-likeness (QED) is 0.698. The molecule has 3 N–H and O–H groups in total. The third kappa shape index (κ3) is 3.30. The molecular formula is C12H18N2O5S. The second-order valence-electron chi connectivity index (χ2n) is 5.31. The fourth-order valence-corrected chi connectivity index (χ4v) is 3.87. The van der Waals surface area contributed by atoms with Gasteiger partial charge in [0, 0.05) is 5.41 Å². The summed E-state index contributed by atoms with van der Waals surface area (Å²) in [4.78, 5) is 23.3. The lowest BCUT2D eigenvalue weighted by Gasteiger charge is -2.34. The Bertz CT molecular complexity index is 534. The summed E-state index contributed by atoms with van der Waals surface area (Å²) >= 11 is 0. The van der Waals surface area contributed by atoms with Gasteiger partial charge in [-0.1, -0.05) is 19.3 Å². The topological polar surface area (TPSA) is 113 Å². The molecule has 0 radical (unpaired) electrons. The molecule has 1 aliphatic heterocycles. The van der Waals surface area contributed by atoms with E-state index in [1.807, 2.05) is 0 Å². The van der Waals surface area contributed by atoms with E-state index in [-0.39, 0.29) is 5.75 Å². The Morgan fingerprint density at radius 1 is 1.20 bits per heavy atom. The minimum absolute atomic E-state index is 0.180. The van der Waals surface area contributed by atoms with Crippen molar-refractivity contribution in [3.63, 3.8) is 0 Å². The summed E-state index contributed by atoms with van der Waals surface area (Å²) in [5, 5.41) is 15.4. The lowest BCUT2D eigenvalue weighted by Crippen LogP contribution is -2.59. The molecule has 1 fully saturated rings. The summed E-state index contributed by atoms with van der Waals surface area (Å²) in [6.07, 6.45) is 4.66. The predicted octanol–water partition coefficient (Wildman–Crippen LogP) is 0.384. The van der Waals surface area contributed by atoms with E-state index in [1.54, 1.807) is 0 Å². The van der Waals surface area contributed by atoms with Crippen LogP contribution in [-0.4, -0.2) is 42.9 Å². The van der Waals surface area contributed by atoms with Crippen molar-refractivity contribution in [2.75, 3.05) is 5.75 Å². The molecule has 2 aliphatic rings. The zero-order valence-electron chi connectivity index (χ0n) is 11.0. The van der Waals surface area contributed by atoms with Crippen molar-refractivity contribution in [1.29, 1.82) is 0 Å². The van der Waals surface area contributed by atoms with Gasteiger partial charge < -0.3 is 15.7 Å². The van der Waals surface area contributed by atoms with Crippen LogP contribution < -0.4 is 10.6 Å². The molecule has 0 aromatic heterocycles. The Morgan fingerprint density at radius 3 is 2.35 bits per heavy atom. The highest BCUT2D eigenvalue weighted by atomic mass is 32.2. The molecule has 8 heteroatoms. The van der Waals surface area contributed by atoms with Crippen molar-refractivity contribution >= 4 is 21.8 Å². The predicted molar refractivity (Wildman–Crippen MR) is 71.8 cm³/mol. The van der Waals surface area contributed by atoms with Crippen LogP contribution in [0.3, 0.4) is 0 Å².